The Kier molecular flexibility index (Phi) is 4.24. The molecule has 20 heavy (non-hydrogen) atoms. The summed E-state index contributed by atoms with van der Waals surface area (Å²) in [5, 5.41) is 4.58. The van der Waals surface area contributed by atoms with Crippen LogP contribution in [0.15, 0.2) is 22.7 Å². The van der Waals surface area contributed by atoms with E-state index in [1.54, 1.807) is 0 Å². The number of nitrogens with one attached hydrogen (secondary N) is 1. The number of thiazole rings is 1. The van der Waals surface area contributed by atoms with E-state index in [2.05, 4.69) is 53.3 Å². The van der Waals surface area contributed by atoms with Crippen LogP contribution in [-0.4, -0.2) is 11.5 Å². The lowest BCUT2D eigenvalue weighted by atomic mass is 10.1. The molecule has 0 atom stereocenters. The van der Waals surface area contributed by atoms with Crippen molar-refractivity contribution in [3.8, 4) is 10.6 Å². The third-order valence-electron chi connectivity index (χ3n) is 3.58. The van der Waals surface area contributed by atoms with E-state index in [4.69, 9.17) is 4.98 Å². The maximum atomic E-state index is 4.93. The van der Waals surface area contributed by atoms with Crippen molar-refractivity contribution >= 4 is 27.3 Å². The van der Waals surface area contributed by atoms with Gasteiger partial charge >= 0.3 is 0 Å². The Morgan fingerprint density at radius 1 is 1.40 bits per heavy atom. The molecule has 0 radical (unpaired) electrons. The summed E-state index contributed by atoms with van der Waals surface area (Å²) in [7, 11) is 0. The summed E-state index contributed by atoms with van der Waals surface area (Å²) in [6.07, 6.45) is 2.61. The molecule has 0 spiro atoms. The van der Waals surface area contributed by atoms with Crippen LogP contribution in [-0.2, 0) is 6.54 Å². The Morgan fingerprint density at radius 2 is 2.20 bits per heavy atom. The third-order valence-corrected chi connectivity index (χ3v) is 5.34. The minimum atomic E-state index is 0.706. The summed E-state index contributed by atoms with van der Waals surface area (Å²) < 4.78 is 1.14. The molecule has 1 heterocycles. The molecule has 1 aromatic heterocycles. The maximum Gasteiger partial charge on any atom is 0.125 e. The highest BCUT2D eigenvalue weighted by Gasteiger charge is 2.29. The Labute approximate surface area is 132 Å². The number of nitrogens with zero attached hydrogens (tertiary/aromatic N) is 1. The van der Waals surface area contributed by atoms with Crippen LogP contribution in [0.5, 0.6) is 0 Å². The average molecular weight is 351 g/mol. The van der Waals surface area contributed by atoms with E-state index in [9.17, 15) is 0 Å². The van der Waals surface area contributed by atoms with Gasteiger partial charge in [-0.1, -0.05) is 35.0 Å². The van der Waals surface area contributed by atoms with Gasteiger partial charge < -0.3 is 5.32 Å². The largest absolute Gasteiger partial charge is 0.312 e. The smallest absolute Gasteiger partial charge is 0.125 e. The van der Waals surface area contributed by atoms with Crippen molar-refractivity contribution in [2.75, 3.05) is 6.54 Å². The summed E-state index contributed by atoms with van der Waals surface area (Å²) in [5.74, 6) is 0.706. The number of aromatic nitrogens is 1. The van der Waals surface area contributed by atoms with Crippen molar-refractivity contribution in [3.63, 3.8) is 0 Å². The molecular formula is C16H19BrN2S. The summed E-state index contributed by atoms with van der Waals surface area (Å²) >= 11 is 5.51. The van der Waals surface area contributed by atoms with Crippen LogP contribution in [0.2, 0.25) is 0 Å². The van der Waals surface area contributed by atoms with Gasteiger partial charge in [0, 0.05) is 27.4 Å². The zero-order valence-corrected chi connectivity index (χ0v) is 14.3. The fourth-order valence-corrected chi connectivity index (χ4v) is 4.28. The maximum absolute atomic E-state index is 4.93. The van der Waals surface area contributed by atoms with Crippen molar-refractivity contribution in [2.45, 2.75) is 39.2 Å². The Bertz CT molecular complexity index is 617. The topological polar surface area (TPSA) is 24.9 Å². The monoisotopic (exact) mass is 350 g/mol. The van der Waals surface area contributed by atoms with Crippen LogP contribution < -0.4 is 5.32 Å². The van der Waals surface area contributed by atoms with Gasteiger partial charge in [0.25, 0.3) is 0 Å². The van der Waals surface area contributed by atoms with E-state index in [-0.39, 0.29) is 0 Å². The predicted octanol–water partition coefficient (Wildman–Crippen LogP) is 4.87. The molecule has 2 aromatic rings. The molecule has 1 aliphatic rings. The lowest BCUT2D eigenvalue weighted by molar-refractivity contribution is 0.727. The van der Waals surface area contributed by atoms with Crippen molar-refractivity contribution in [2.24, 2.45) is 0 Å². The zero-order valence-electron chi connectivity index (χ0n) is 11.9. The standard InChI is InChI=1S/C16H19BrN2S/c1-3-18-9-14-15(11-5-6-11)19-16(20-14)12-7-4-10(2)8-13(12)17/h4,7-8,11,18H,3,5-6,9H2,1-2H3. The van der Waals surface area contributed by atoms with Crippen LogP contribution in [0.3, 0.4) is 0 Å². The molecule has 1 aliphatic carbocycles. The Hall–Kier alpha value is -0.710. The minimum absolute atomic E-state index is 0.706. The summed E-state index contributed by atoms with van der Waals surface area (Å²) in [4.78, 5) is 6.35. The SMILES string of the molecule is CCNCc1sc(-c2ccc(C)cc2Br)nc1C1CC1. The van der Waals surface area contributed by atoms with Crippen LogP contribution in [0.4, 0.5) is 0 Å². The molecule has 0 bridgehead atoms. The van der Waals surface area contributed by atoms with Crippen molar-refractivity contribution in [1.29, 1.82) is 0 Å². The normalized spacial score (nSPS) is 14.8. The molecule has 4 heteroatoms. The van der Waals surface area contributed by atoms with E-state index in [0.717, 1.165) is 22.6 Å². The van der Waals surface area contributed by atoms with E-state index in [0.29, 0.717) is 5.92 Å². The number of benzene rings is 1. The fraction of sp³-hybridized carbons (Fsp3) is 0.438. The van der Waals surface area contributed by atoms with Crippen LogP contribution >= 0.6 is 27.3 Å². The first-order chi connectivity index (χ1) is 9.69. The highest BCUT2D eigenvalue weighted by atomic mass is 79.9. The first-order valence-electron chi connectivity index (χ1n) is 7.16. The predicted molar refractivity (Wildman–Crippen MR) is 89.3 cm³/mol. The number of hydrogen-bond donors (Lipinski definition) is 1. The van der Waals surface area contributed by atoms with E-state index < -0.39 is 0 Å². The van der Waals surface area contributed by atoms with Gasteiger partial charge in [-0.2, -0.15) is 0 Å². The Balaban J connectivity index is 1.96. The molecule has 0 aliphatic heterocycles. The van der Waals surface area contributed by atoms with E-state index in [1.165, 1.54) is 34.5 Å². The molecule has 3 rings (SSSR count). The quantitative estimate of drug-likeness (QED) is 0.831. The zero-order chi connectivity index (χ0) is 14.1. The molecule has 1 saturated carbocycles. The summed E-state index contributed by atoms with van der Waals surface area (Å²) in [6, 6.07) is 6.49. The van der Waals surface area contributed by atoms with Gasteiger partial charge in [-0.3, -0.25) is 0 Å². The highest BCUT2D eigenvalue weighted by molar-refractivity contribution is 9.10. The van der Waals surface area contributed by atoms with E-state index in [1.807, 2.05) is 11.3 Å². The molecule has 0 amide bonds. The third kappa shape index (κ3) is 2.97. The van der Waals surface area contributed by atoms with Crippen LogP contribution in [0.25, 0.3) is 10.6 Å². The molecule has 2 nitrogen and oxygen atoms in total. The van der Waals surface area contributed by atoms with Crippen molar-refractivity contribution in [1.82, 2.24) is 10.3 Å². The van der Waals surface area contributed by atoms with Gasteiger partial charge in [-0.05, 0) is 37.9 Å². The molecule has 106 valence electrons. The number of halogens is 1. The molecular weight excluding hydrogens is 332 g/mol. The number of rotatable bonds is 5. The molecule has 1 N–H and O–H groups in total. The number of hydrogen-bond acceptors (Lipinski definition) is 3. The minimum Gasteiger partial charge on any atom is -0.312 e. The fourth-order valence-electron chi connectivity index (χ4n) is 2.31. The second-order valence-corrected chi connectivity index (χ2v) is 7.30. The molecule has 1 fully saturated rings. The Morgan fingerprint density at radius 3 is 2.85 bits per heavy atom. The first-order valence-corrected chi connectivity index (χ1v) is 8.76. The first kappa shape index (κ1) is 14.2. The summed E-state index contributed by atoms with van der Waals surface area (Å²) in [5.41, 5.74) is 3.82. The van der Waals surface area contributed by atoms with E-state index >= 15 is 0 Å². The second kappa shape index (κ2) is 5.96. The van der Waals surface area contributed by atoms with Gasteiger partial charge in [0.05, 0.1) is 5.69 Å². The lowest BCUT2D eigenvalue weighted by Crippen LogP contribution is -2.11. The van der Waals surface area contributed by atoms with Gasteiger partial charge in [-0.15, -0.1) is 11.3 Å². The van der Waals surface area contributed by atoms with Gasteiger partial charge in [-0.25, -0.2) is 4.98 Å². The lowest BCUT2D eigenvalue weighted by Gasteiger charge is -2.01. The molecule has 0 unspecified atom stereocenters. The van der Waals surface area contributed by atoms with Crippen molar-refractivity contribution < 1.29 is 0 Å². The summed E-state index contributed by atoms with van der Waals surface area (Å²) in [6.45, 7) is 6.22. The van der Waals surface area contributed by atoms with Gasteiger partial charge in [0.2, 0.25) is 0 Å². The van der Waals surface area contributed by atoms with Crippen molar-refractivity contribution in [3.05, 3.63) is 38.8 Å². The average Bonchev–Trinajstić information content (AvgIpc) is 3.18. The number of aryl methyl sites for hydroxylation is 1. The molecule has 1 aromatic carbocycles. The van der Waals surface area contributed by atoms with Crippen LogP contribution in [0, 0.1) is 6.92 Å². The molecule has 0 saturated heterocycles. The second-order valence-electron chi connectivity index (χ2n) is 5.37. The van der Waals surface area contributed by atoms with Gasteiger partial charge in [0.15, 0.2) is 0 Å². The highest BCUT2D eigenvalue weighted by Crippen LogP contribution is 2.45. The van der Waals surface area contributed by atoms with Crippen LogP contribution in [0.1, 0.15) is 41.8 Å². The van der Waals surface area contributed by atoms with Gasteiger partial charge in [0.1, 0.15) is 5.01 Å².